The zero-order valence-corrected chi connectivity index (χ0v) is 13.4. The molecule has 0 radical (unpaired) electrons. The third-order valence-corrected chi connectivity index (χ3v) is 4.46. The van der Waals surface area contributed by atoms with Crippen molar-refractivity contribution < 1.29 is 9.42 Å². The Bertz CT molecular complexity index is 153. The monoisotopic (exact) mass is 276 g/mol. The molecule has 0 bridgehead atoms. The summed E-state index contributed by atoms with van der Waals surface area (Å²) in [5.41, 5.74) is 0. The fourth-order valence-electron chi connectivity index (χ4n) is 2.02. The van der Waals surface area contributed by atoms with Crippen LogP contribution in [0.2, 0.25) is 0 Å². The van der Waals surface area contributed by atoms with Crippen LogP contribution in [0.15, 0.2) is 0 Å². The summed E-state index contributed by atoms with van der Waals surface area (Å²) in [5.74, 6) is 0. The van der Waals surface area contributed by atoms with Crippen LogP contribution >= 0.6 is 8.38 Å². The molecule has 0 aromatic rings. The Morgan fingerprint density at radius 2 is 1.22 bits per heavy atom. The topological polar surface area (TPSA) is 29.5 Å². The zero-order chi connectivity index (χ0) is 13.5. The van der Waals surface area contributed by atoms with Gasteiger partial charge >= 0.3 is 0 Å². The molecule has 0 aromatic carbocycles. The largest absolute Gasteiger partial charge is 0.350 e. The van der Waals surface area contributed by atoms with Gasteiger partial charge < -0.3 is 9.42 Å². The van der Waals surface area contributed by atoms with Crippen LogP contribution in [0.1, 0.15) is 84.5 Å². The lowest BCUT2D eigenvalue weighted by atomic mass is 10.1. The summed E-state index contributed by atoms with van der Waals surface area (Å²) < 4.78 is 5.37. The fraction of sp³-hybridized carbons (Fsp3) is 1.00. The quantitative estimate of drug-likeness (QED) is 0.329. The van der Waals surface area contributed by atoms with E-state index in [9.17, 15) is 4.89 Å². The van der Waals surface area contributed by atoms with Crippen molar-refractivity contribution in [2.45, 2.75) is 84.5 Å². The van der Waals surface area contributed by atoms with Crippen molar-refractivity contribution >= 4 is 8.38 Å². The van der Waals surface area contributed by atoms with Gasteiger partial charge in [0.2, 0.25) is 0 Å². The second kappa shape index (κ2) is 15.4. The first-order chi connectivity index (χ1) is 8.81. The van der Waals surface area contributed by atoms with Crippen LogP contribution in [0, 0.1) is 0 Å². The number of hydrogen-bond donors (Lipinski definition) is 1. The van der Waals surface area contributed by atoms with Crippen molar-refractivity contribution in [3.05, 3.63) is 0 Å². The Balaban J connectivity index is 2.98. The molecule has 0 amide bonds. The van der Waals surface area contributed by atoms with Crippen molar-refractivity contribution in [2.24, 2.45) is 0 Å². The Hall–Kier alpha value is 0.350. The van der Waals surface area contributed by atoms with Crippen LogP contribution in [0.3, 0.4) is 0 Å². The molecular weight excluding hydrogens is 243 g/mol. The van der Waals surface area contributed by atoms with Gasteiger partial charge in [-0.3, -0.25) is 0 Å². The van der Waals surface area contributed by atoms with E-state index in [1.807, 2.05) is 0 Å². The number of hydrogen-bond acceptors (Lipinski definition) is 2. The van der Waals surface area contributed by atoms with E-state index in [2.05, 4.69) is 13.8 Å². The number of rotatable bonds is 14. The normalized spacial score (nSPS) is 12.8. The summed E-state index contributed by atoms with van der Waals surface area (Å²) in [4.78, 5) is 9.44. The first-order valence-corrected chi connectivity index (χ1v) is 9.30. The van der Waals surface area contributed by atoms with Crippen LogP contribution in [-0.4, -0.2) is 17.7 Å². The highest BCUT2D eigenvalue weighted by Gasteiger charge is 2.02. The van der Waals surface area contributed by atoms with Gasteiger partial charge in [0.05, 0.1) is 6.61 Å². The third-order valence-electron chi connectivity index (χ3n) is 3.15. The molecule has 0 saturated carbocycles. The summed E-state index contributed by atoms with van der Waals surface area (Å²) in [6.45, 7) is 5.09. The molecule has 110 valence electrons. The molecule has 2 nitrogen and oxygen atoms in total. The molecule has 0 aliphatic heterocycles. The molecule has 0 aliphatic carbocycles. The van der Waals surface area contributed by atoms with E-state index in [4.69, 9.17) is 4.52 Å². The predicted molar refractivity (Wildman–Crippen MR) is 82.1 cm³/mol. The first kappa shape index (κ1) is 18.4. The molecule has 0 spiro atoms. The molecule has 0 fully saturated rings. The van der Waals surface area contributed by atoms with Crippen molar-refractivity contribution in [2.75, 3.05) is 12.8 Å². The van der Waals surface area contributed by atoms with E-state index in [0.717, 1.165) is 25.6 Å². The van der Waals surface area contributed by atoms with E-state index in [0.29, 0.717) is 0 Å². The van der Waals surface area contributed by atoms with Crippen LogP contribution in [0.25, 0.3) is 0 Å². The van der Waals surface area contributed by atoms with Gasteiger partial charge in [0.25, 0.3) is 0 Å². The second-order valence-electron chi connectivity index (χ2n) is 5.09. The molecule has 18 heavy (non-hydrogen) atoms. The van der Waals surface area contributed by atoms with E-state index >= 15 is 0 Å². The van der Waals surface area contributed by atoms with Crippen molar-refractivity contribution in [3.63, 3.8) is 0 Å². The van der Waals surface area contributed by atoms with E-state index in [1.165, 1.54) is 57.8 Å². The van der Waals surface area contributed by atoms with Gasteiger partial charge in [-0.25, -0.2) is 0 Å². The zero-order valence-electron chi connectivity index (χ0n) is 12.5. The SMILES string of the molecule is CCCCCCCCCCCCOP(O)CCC. The molecule has 1 atom stereocenters. The molecule has 0 heterocycles. The Kier molecular flexibility index (Phi) is 15.7. The van der Waals surface area contributed by atoms with Gasteiger partial charge in [-0.15, -0.1) is 0 Å². The first-order valence-electron chi connectivity index (χ1n) is 7.90. The fourth-order valence-corrected chi connectivity index (χ4v) is 2.87. The molecule has 1 N–H and O–H groups in total. The summed E-state index contributed by atoms with van der Waals surface area (Å²) in [5, 5.41) is 0. The lowest BCUT2D eigenvalue weighted by molar-refractivity contribution is 0.298. The van der Waals surface area contributed by atoms with Crippen molar-refractivity contribution in [3.8, 4) is 0 Å². The summed E-state index contributed by atoms with van der Waals surface area (Å²) in [7, 11) is -1.12. The summed E-state index contributed by atoms with van der Waals surface area (Å²) >= 11 is 0. The highest BCUT2D eigenvalue weighted by molar-refractivity contribution is 7.46. The Morgan fingerprint density at radius 3 is 1.72 bits per heavy atom. The average Bonchev–Trinajstić information content (AvgIpc) is 2.36. The molecule has 0 rings (SSSR count). The van der Waals surface area contributed by atoms with Gasteiger partial charge in [-0.2, -0.15) is 0 Å². The van der Waals surface area contributed by atoms with Gasteiger partial charge in [0, 0.05) is 6.16 Å². The van der Waals surface area contributed by atoms with E-state index in [-0.39, 0.29) is 0 Å². The van der Waals surface area contributed by atoms with Gasteiger partial charge in [-0.1, -0.05) is 71.6 Å². The maximum atomic E-state index is 9.44. The molecule has 0 aliphatic rings. The minimum atomic E-state index is -1.12. The van der Waals surface area contributed by atoms with E-state index in [1.54, 1.807) is 0 Å². The maximum absolute atomic E-state index is 9.44. The minimum absolute atomic E-state index is 0.749. The minimum Gasteiger partial charge on any atom is -0.350 e. The predicted octanol–water partition coefficient (Wildman–Crippen LogP) is 5.64. The van der Waals surface area contributed by atoms with Crippen LogP contribution in [0.5, 0.6) is 0 Å². The smallest absolute Gasteiger partial charge is 0.167 e. The highest BCUT2D eigenvalue weighted by Crippen LogP contribution is 2.31. The standard InChI is InChI=1S/C15H33O2P/c1-3-5-6-7-8-9-10-11-12-13-14-17-18(16)15-4-2/h16H,3-15H2,1-2H3. The summed E-state index contributed by atoms with van der Waals surface area (Å²) in [6.07, 6.45) is 15.3. The highest BCUT2D eigenvalue weighted by atomic mass is 31.2. The molecule has 3 heteroatoms. The van der Waals surface area contributed by atoms with Gasteiger partial charge in [0.1, 0.15) is 0 Å². The Labute approximate surface area is 115 Å². The lowest BCUT2D eigenvalue weighted by Gasteiger charge is -2.09. The summed E-state index contributed by atoms with van der Waals surface area (Å²) in [6, 6.07) is 0. The average molecular weight is 276 g/mol. The van der Waals surface area contributed by atoms with Crippen LogP contribution in [0.4, 0.5) is 0 Å². The Morgan fingerprint density at radius 1 is 0.722 bits per heavy atom. The van der Waals surface area contributed by atoms with Gasteiger partial charge in [0.15, 0.2) is 8.38 Å². The molecule has 0 aromatic heterocycles. The maximum Gasteiger partial charge on any atom is 0.167 e. The molecular formula is C15H33O2P. The second-order valence-corrected chi connectivity index (χ2v) is 6.50. The van der Waals surface area contributed by atoms with Gasteiger partial charge in [-0.05, 0) is 12.8 Å². The van der Waals surface area contributed by atoms with Crippen LogP contribution < -0.4 is 0 Å². The molecule has 0 saturated heterocycles. The lowest BCUT2D eigenvalue weighted by Crippen LogP contribution is -1.92. The van der Waals surface area contributed by atoms with Crippen LogP contribution in [-0.2, 0) is 4.52 Å². The number of unbranched alkanes of at least 4 members (excludes halogenated alkanes) is 9. The van der Waals surface area contributed by atoms with Crippen molar-refractivity contribution in [1.82, 2.24) is 0 Å². The van der Waals surface area contributed by atoms with E-state index < -0.39 is 8.38 Å². The molecule has 1 unspecified atom stereocenters. The third kappa shape index (κ3) is 14.4. The van der Waals surface area contributed by atoms with Crippen molar-refractivity contribution in [1.29, 1.82) is 0 Å².